The Labute approximate surface area is 110 Å². The van der Waals surface area contributed by atoms with Crippen molar-refractivity contribution in [3.63, 3.8) is 0 Å². The van der Waals surface area contributed by atoms with Gasteiger partial charge in [-0.15, -0.1) is 0 Å². The van der Waals surface area contributed by atoms with Crippen LogP contribution in [0.2, 0.25) is 0 Å². The quantitative estimate of drug-likeness (QED) is 0.536. The number of carbonyl (C=O) groups excluding carboxylic acids is 1. The van der Waals surface area contributed by atoms with Gasteiger partial charge < -0.3 is 9.63 Å². The van der Waals surface area contributed by atoms with Gasteiger partial charge in [0, 0.05) is 6.42 Å². The van der Waals surface area contributed by atoms with Gasteiger partial charge in [0.25, 0.3) is 0 Å². The number of phosphoric acid groups is 1. The second-order valence-corrected chi connectivity index (χ2v) is 5.41. The zero-order chi connectivity index (χ0) is 14.7. The molecule has 6 nitrogen and oxygen atoms in total. The zero-order valence-corrected chi connectivity index (χ0v) is 11.2. The van der Waals surface area contributed by atoms with Gasteiger partial charge in [-0.25, -0.2) is 4.57 Å². The van der Waals surface area contributed by atoms with Crippen LogP contribution < -0.4 is 4.52 Å². The van der Waals surface area contributed by atoms with Crippen molar-refractivity contribution in [1.82, 2.24) is 0 Å². The monoisotopic (exact) mass is 286 g/mol. The van der Waals surface area contributed by atoms with E-state index in [0.29, 0.717) is 5.56 Å². The van der Waals surface area contributed by atoms with Gasteiger partial charge in [0.15, 0.2) is 5.78 Å². The van der Waals surface area contributed by atoms with Crippen molar-refractivity contribution in [2.75, 3.05) is 0 Å². The van der Waals surface area contributed by atoms with E-state index in [1.165, 1.54) is 31.2 Å². The van der Waals surface area contributed by atoms with Gasteiger partial charge in [-0.1, -0.05) is 18.7 Å². The lowest BCUT2D eigenvalue weighted by molar-refractivity contribution is -0.130. The molecule has 19 heavy (non-hydrogen) atoms. The average Bonchev–Trinajstić information content (AvgIpc) is 2.28. The molecule has 0 aliphatic carbocycles. The largest absolute Gasteiger partial charge is 0.524 e. The fraction of sp³-hybridized carbons (Fsp3) is 0.250. The third kappa shape index (κ3) is 4.96. The van der Waals surface area contributed by atoms with Crippen LogP contribution in [-0.2, 0) is 15.8 Å². The molecule has 0 aliphatic rings. The summed E-state index contributed by atoms with van der Waals surface area (Å²) in [5.41, 5.74) is -0.939. The maximum atomic E-state index is 11.4. The molecule has 3 N–H and O–H groups in total. The van der Waals surface area contributed by atoms with Gasteiger partial charge in [0.1, 0.15) is 11.4 Å². The van der Waals surface area contributed by atoms with Crippen molar-refractivity contribution >= 4 is 13.6 Å². The van der Waals surface area contributed by atoms with Crippen LogP contribution in [0.4, 0.5) is 0 Å². The zero-order valence-electron chi connectivity index (χ0n) is 10.3. The number of hydrogen-bond donors (Lipinski definition) is 3. The minimum absolute atomic E-state index is 0.00627. The summed E-state index contributed by atoms with van der Waals surface area (Å²) in [5.74, 6) is -0.491. The Bertz CT molecular complexity index is 514. The summed E-state index contributed by atoms with van der Waals surface area (Å²) < 4.78 is 15.0. The molecule has 1 aromatic rings. The fourth-order valence-corrected chi connectivity index (χ4v) is 1.91. The van der Waals surface area contributed by atoms with Crippen LogP contribution in [0.25, 0.3) is 0 Å². The van der Waals surface area contributed by atoms with E-state index < -0.39 is 19.2 Å². The molecule has 7 heteroatoms. The minimum atomic E-state index is -4.58. The number of aliphatic hydroxyl groups is 1. The van der Waals surface area contributed by atoms with Gasteiger partial charge >= 0.3 is 7.82 Å². The highest BCUT2D eigenvalue weighted by Crippen LogP contribution is 2.37. The van der Waals surface area contributed by atoms with Crippen molar-refractivity contribution in [3.05, 3.63) is 42.5 Å². The number of rotatable bonds is 6. The van der Waals surface area contributed by atoms with E-state index in [4.69, 9.17) is 9.79 Å². The molecule has 1 rings (SSSR count). The first-order valence-corrected chi connectivity index (χ1v) is 6.90. The summed E-state index contributed by atoms with van der Waals surface area (Å²) in [6.07, 6.45) is 1.11. The highest BCUT2D eigenvalue weighted by molar-refractivity contribution is 7.46. The second-order valence-electron chi connectivity index (χ2n) is 4.24. The van der Waals surface area contributed by atoms with Crippen LogP contribution in [0, 0.1) is 0 Å². The van der Waals surface area contributed by atoms with E-state index in [1.54, 1.807) is 0 Å². The maximum Gasteiger partial charge on any atom is 0.524 e. The smallest absolute Gasteiger partial charge is 0.404 e. The van der Waals surface area contributed by atoms with Crippen LogP contribution in [0.5, 0.6) is 5.75 Å². The Morgan fingerprint density at radius 2 is 1.95 bits per heavy atom. The molecule has 0 amide bonds. The van der Waals surface area contributed by atoms with E-state index in [9.17, 15) is 14.5 Å². The van der Waals surface area contributed by atoms with Crippen LogP contribution in [0.3, 0.4) is 0 Å². The number of phosphoric ester groups is 1. The maximum absolute atomic E-state index is 11.4. The van der Waals surface area contributed by atoms with Crippen LogP contribution >= 0.6 is 7.82 Å². The first-order chi connectivity index (χ1) is 8.64. The number of benzene rings is 1. The summed E-state index contributed by atoms with van der Waals surface area (Å²) in [6, 6.07) is 5.72. The Morgan fingerprint density at radius 3 is 2.37 bits per heavy atom. The van der Waals surface area contributed by atoms with Crippen molar-refractivity contribution in [3.8, 4) is 5.75 Å². The van der Waals surface area contributed by atoms with Gasteiger partial charge in [-0.3, -0.25) is 14.6 Å². The fourth-order valence-electron chi connectivity index (χ4n) is 1.51. The molecule has 1 atom stereocenters. The third-order valence-corrected chi connectivity index (χ3v) is 2.86. The van der Waals surface area contributed by atoms with Crippen molar-refractivity contribution < 1.29 is 28.8 Å². The van der Waals surface area contributed by atoms with E-state index >= 15 is 0 Å². The molecule has 1 unspecified atom stereocenters. The number of hydrogen-bond acceptors (Lipinski definition) is 4. The Balaban J connectivity index is 2.80. The van der Waals surface area contributed by atoms with Crippen molar-refractivity contribution in [1.29, 1.82) is 0 Å². The molecule has 0 spiro atoms. The van der Waals surface area contributed by atoms with Crippen LogP contribution in [0.15, 0.2) is 36.9 Å². The lowest BCUT2D eigenvalue weighted by Gasteiger charge is -2.20. The SMILES string of the molecule is C=CC(=O)C(C)(O)Cc1ccc(OP(=O)(O)O)cc1. The average molecular weight is 286 g/mol. The predicted octanol–water partition coefficient (Wildman–Crippen LogP) is 1.21. The third-order valence-electron chi connectivity index (χ3n) is 2.41. The standard InChI is InChI=1S/C12H15O6P/c1-3-11(13)12(2,14)8-9-4-6-10(7-5-9)18-19(15,16)17/h3-7,14H,1,8H2,2H3,(H2,15,16,17). The first kappa shape index (κ1) is 15.6. The summed E-state index contributed by atoms with van der Waals surface area (Å²) in [5, 5.41) is 9.92. The van der Waals surface area contributed by atoms with Gasteiger partial charge in [0.05, 0.1) is 0 Å². The summed E-state index contributed by atoms with van der Waals surface area (Å²) in [4.78, 5) is 28.6. The minimum Gasteiger partial charge on any atom is -0.404 e. The van der Waals surface area contributed by atoms with Gasteiger partial charge in [-0.05, 0) is 30.7 Å². The lowest BCUT2D eigenvalue weighted by Crippen LogP contribution is -2.36. The molecule has 0 aromatic heterocycles. The Hall–Kier alpha value is -1.46. The molecular weight excluding hydrogens is 271 g/mol. The molecule has 0 saturated heterocycles. The number of ketones is 1. The van der Waals surface area contributed by atoms with Crippen LogP contribution in [-0.4, -0.2) is 26.3 Å². The first-order valence-electron chi connectivity index (χ1n) is 5.37. The van der Waals surface area contributed by atoms with Gasteiger partial charge in [0.2, 0.25) is 0 Å². The second kappa shape index (κ2) is 5.67. The van der Waals surface area contributed by atoms with Gasteiger partial charge in [-0.2, -0.15) is 0 Å². The Morgan fingerprint density at radius 1 is 1.42 bits per heavy atom. The molecule has 0 heterocycles. The van der Waals surface area contributed by atoms with Crippen molar-refractivity contribution in [2.24, 2.45) is 0 Å². The molecule has 0 aliphatic heterocycles. The molecule has 0 saturated carbocycles. The Kier molecular flexibility index (Phi) is 4.66. The summed E-state index contributed by atoms with van der Waals surface area (Å²) in [7, 11) is -4.58. The van der Waals surface area contributed by atoms with E-state index in [0.717, 1.165) is 6.08 Å². The molecule has 0 radical (unpaired) electrons. The van der Waals surface area contributed by atoms with E-state index in [1.807, 2.05) is 0 Å². The lowest BCUT2D eigenvalue weighted by atomic mass is 9.92. The predicted molar refractivity (Wildman–Crippen MR) is 68.6 cm³/mol. The molecule has 104 valence electrons. The highest BCUT2D eigenvalue weighted by Gasteiger charge is 2.27. The van der Waals surface area contributed by atoms with Crippen LogP contribution in [0.1, 0.15) is 12.5 Å². The normalized spacial score (nSPS) is 14.5. The molecule has 0 fully saturated rings. The number of carbonyl (C=O) groups is 1. The summed E-state index contributed by atoms with van der Waals surface area (Å²) >= 11 is 0. The topological polar surface area (TPSA) is 104 Å². The molecule has 0 bridgehead atoms. The molecular formula is C12H15O6P. The van der Waals surface area contributed by atoms with E-state index in [-0.39, 0.29) is 12.2 Å². The van der Waals surface area contributed by atoms with Crippen molar-refractivity contribution in [2.45, 2.75) is 18.9 Å². The molecule has 1 aromatic carbocycles. The highest BCUT2D eigenvalue weighted by atomic mass is 31.2. The van der Waals surface area contributed by atoms with E-state index in [2.05, 4.69) is 11.1 Å². The summed E-state index contributed by atoms with van der Waals surface area (Å²) in [6.45, 7) is 4.68.